The van der Waals surface area contributed by atoms with Gasteiger partial charge in [0.25, 0.3) is 0 Å². The number of amides is 4. The summed E-state index contributed by atoms with van der Waals surface area (Å²) in [7, 11) is -3.73. The van der Waals surface area contributed by atoms with E-state index in [1.165, 1.54) is 0 Å². The maximum absolute atomic E-state index is 14.3. The van der Waals surface area contributed by atoms with Crippen molar-refractivity contribution in [2.45, 2.75) is 88.8 Å². The molecular weight excluding hydrogens is 634 g/mol. The number of hydrogen-bond donors (Lipinski definition) is 4. The van der Waals surface area contributed by atoms with Crippen molar-refractivity contribution >= 4 is 44.7 Å². The number of carbonyl (C=O) groups excluding carboxylic acids is 4. The number of aromatic nitrogens is 1. The molecule has 0 bridgehead atoms. The Kier molecular flexibility index (Phi) is 9.39. The number of hydrogen-bond acceptors (Lipinski definition) is 7. The van der Waals surface area contributed by atoms with E-state index in [0.717, 1.165) is 33.8 Å². The van der Waals surface area contributed by atoms with Crippen LogP contribution in [0, 0.1) is 0 Å². The van der Waals surface area contributed by atoms with E-state index >= 15 is 0 Å². The normalized spacial score (nSPS) is 18.2. The van der Waals surface area contributed by atoms with E-state index in [9.17, 15) is 27.6 Å². The fraction of sp³-hybridized carbons (Fsp3) is 0.486. The van der Waals surface area contributed by atoms with Gasteiger partial charge in [-0.15, -0.1) is 0 Å². The van der Waals surface area contributed by atoms with Crippen LogP contribution in [-0.4, -0.2) is 78.6 Å². The summed E-state index contributed by atoms with van der Waals surface area (Å²) in [4.78, 5) is 58.5. The average molecular weight is 680 g/mol. The van der Waals surface area contributed by atoms with E-state index in [2.05, 4.69) is 20.3 Å². The highest BCUT2D eigenvalue weighted by Gasteiger charge is 2.49. The van der Waals surface area contributed by atoms with E-state index in [1.807, 2.05) is 54.7 Å². The quantitative estimate of drug-likeness (QED) is 0.282. The van der Waals surface area contributed by atoms with Crippen LogP contribution in [0.1, 0.15) is 76.5 Å². The van der Waals surface area contributed by atoms with Gasteiger partial charge < -0.3 is 25.3 Å². The Morgan fingerprint density at radius 3 is 2.31 bits per heavy atom. The number of nitrogens with one attached hydrogen (secondary N) is 4. The highest BCUT2D eigenvalue weighted by atomic mass is 32.2. The van der Waals surface area contributed by atoms with Crippen molar-refractivity contribution < 1.29 is 32.3 Å². The molecule has 3 aromatic rings. The summed E-state index contributed by atoms with van der Waals surface area (Å²) in [5.41, 5.74) is 1.04. The number of likely N-dealkylation sites (tertiary alicyclic amines) is 1. The number of aromatic amines is 1. The minimum absolute atomic E-state index is 0.218. The highest BCUT2D eigenvalue weighted by Crippen LogP contribution is 2.51. The zero-order chi connectivity index (χ0) is 35.1. The monoisotopic (exact) mass is 679 g/mol. The molecule has 4 N–H and O–H groups in total. The van der Waals surface area contributed by atoms with E-state index in [-0.39, 0.29) is 12.3 Å². The second kappa shape index (κ2) is 12.9. The van der Waals surface area contributed by atoms with Gasteiger partial charge in [0.1, 0.15) is 17.2 Å². The van der Waals surface area contributed by atoms with Crippen LogP contribution in [0.4, 0.5) is 4.79 Å². The van der Waals surface area contributed by atoms with Crippen molar-refractivity contribution in [1.29, 1.82) is 0 Å². The third-order valence-electron chi connectivity index (χ3n) is 9.22. The molecule has 5 rings (SSSR count). The van der Waals surface area contributed by atoms with Crippen LogP contribution in [-0.2, 0) is 41.0 Å². The lowest BCUT2D eigenvalue weighted by atomic mass is 9.73. The third kappa shape index (κ3) is 7.67. The Bertz CT molecular complexity index is 1830. The minimum atomic E-state index is -3.73. The number of rotatable bonds is 8. The summed E-state index contributed by atoms with van der Waals surface area (Å²) in [6.07, 6.45) is 3.85. The summed E-state index contributed by atoms with van der Waals surface area (Å²) in [5, 5.41) is 6.48. The number of benzene rings is 2. The van der Waals surface area contributed by atoms with Gasteiger partial charge in [0, 0.05) is 42.0 Å². The van der Waals surface area contributed by atoms with Gasteiger partial charge in [0.15, 0.2) is 0 Å². The predicted octanol–water partition coefficient (Wildman–Crippen LogP) is 3.62. The first-order chi connectivity index (χ1) is 22.4. The molecule has 258 valence electrons. The van der Waals surface area contributed by atoms with Gasteiger partial charge in [-0.3, -0.25) is 19.1 Å². The van der Waals surface area contributed by atoms with Crippen molar-refractivity contribution in [3.05, 3.63) is 71.4 Å². The zero-order valence-electron chi connectivity index (χ0n) is 28.3. The summed E-state index contributed by atoms with van der Waals surface area (Å²) in [5.74, 6) is -1.96. The molecular formula is C35H45N5O7S. The van der Waals surface area contributed by atoms with Gasteiger partial charge in [-0.1, -0.05) is 42.5 Å². The van der Waals surface area contributed by atoms with Crippen LogP contribution < -0.4 is 15.4 Å². The van der Waals surface area contributed by atoms with Crippen LogP contribution in [0.5, 0.6) is 0 Å². The van der Waals surface area contributed by atoms with Crippen LogP contribution in [0.2, 0.25) is 0 Å². The minimum Gasteiger partial charge on any atom is -0.444 e. The maximum atomic E-state index is 14.3. The Morgan fingerprint density at radius 1 is 1.00 bits per heavy atom. The second-order valence-corrected chi connectivity index (χ2v) is 16.3. The number of ether oxygens (including phenoxy) is 1. The summed E-state index contributed by atoms with van der Waals surface area (Å²) in [6.45, 7) is 9.06. The molecule has 2 aliphatic rings. The number of alkyl carbamates (subject to hydrolysis) is 1. The SMILES string of the molecule is CC(C)(C)OC(=O)NC(C)(C)C(=O)N[C@H](Cc1c[nH]c2ccccc12)C(=O)N1CCC2(CC1)CC(C(=O)NS(C)(=O)=O)c1ccccc12. The average Bonchev–Trinajstić information content (AvgIpc) is 3.54. The number of nitrogens with zero attached hydrogens (tertiary/aromatic N) is 1. The first-order valence-corrected chi connectivity index (χ1v) is 18.0. The molecule has 4 amide bonds. The van der Waals surface area contributed by atoms with E-state index in [0.29, 0.717) is 32.4 Å². The van der Waals surface area contributed by atoms with Crippen molar-refractivity contribution in [1.82, 2.24) is 25.2 Å². The van der Waals surface area contributed by atoms with Crippen molar-refractivity contribution in [2.24, 2.45) is 0 Å². The van der Waals surface area contributed by atoms with Gasteiger partial charge in [0.05, 0.1) is 12.2 Å². The number of fused-ring (bicyclic) bond motifs is 3. The summed E-state index contributed by atoms with van der Waals surface area (Å²) in [6, 6.07) is 14.4. The van der Waals surface area contributed by atoms with Gasteiger partial charge >= 0.3 is 6.09 Å². The smallest absolute Gasteiger partial charge is 0.408 e. The lowest BCUT2D eigenvalue weighted by molar-refractivity contribution is -0.139. The Hall–Kier alpha value is -4.39. The molecule has 1 unspecified atom stereocenters. The van der Waals surface area contributed by atoms with Crippen LogP contribution in [0.25, 0.3) is 10.9 Å². The molecule has 1 aromatic heterocycles. The molecule has 0 radical (unpaired) electrons. The van der Waals surface area contributed by atoms with Gasteiger partial charge in [0.2, 0.25) is 27.7 Å². The van der Waals surface area contributed by atoms with Crippen molar-refractivity contribution in [3.8, 4) is 0 Å². The van der Waals surface area contributed by atoms with E-state index in [1.54, 1.807) is 39.5 Å². The molecule has 1 aliphatic carbocycles. The molecule has 2 aromatic carbocycles. The van der Waals surface area contributed by atoms with Crippen LogP contribution in [0.15, 0.2) is 54.7 Å². The predicted molar refractivity (Wildman–Crippen MR) is 182 cm³/mol. The van der Waals surface area contributed by atoms with E-state index in [4.69, 9.17) is 4.74 Å². The molecule has 48 heavy (non-hydrogen) atoms. The Balaban J connectivity index is 1.35. The standard InChI is InChI=1S/C35H45N5O7S/c1-33(2,3)47-32(44)38-34(4,5)31(43)37-28(19-22-21-36-27-14-10-8-11-23(22)27)30(42)40-17-15-35(16-18-40)20-25(29(41)39-48(6,45)46)24-12-7-9-13-26(24)35/h7-14,21,25,28,36H,15-20H2,1-6H3,(H,37,43)(H,38,44)(H,39,41)/t25?,28-/m1/s1. The molecule has 1 fully saturated rings. The maximum Gasteiger partial charge on any atom is 0.408 e. The topological polar surface area (TPSA) is 167 Å². The van der Waals surface area contributed by atoms with Gasteiger partial charge in [-0.2, -0.15) is 0 Å². The Morgan fingerprint density at radius 2 is 1.65 bits per heavy atom. The molecule has 12 nitrogen and oxygen atoms in total. The van der Waals surface area contributed by atoms with Gasteiger partial charge in [-0.05, 0) is 76.6 Å². The van der Waals surface area contributed by atoms with E-state index < -0.39 is 56.4 Å². The molecule has 13 heteroatoms. The highest BCUT2D eigenvalue weighted by molar-refractivity contribution is 7.89. The van der Waals surface area contributed by atoms with Crippen LogP contribution >= 0.6 is 0 Å². The Labute approximate surface area is 281 Å². The van der Waals surface area contributed by atoms with Crippen molar-refractivity contribution in [3.63, 3.8) is 0 Å². The molecule has 1 aliphatic heterocycles. The number of sulfonamides is 1. The fourth-order valence-electron chi connectivity index (χ4n) is 6.91. The molecule has 0 saturated carbocycles. The largest absolute Gasteiger partial charge is 0.444 e. The zero-order valence-corrected chi connectivity index (χ0v) is 29.1. The molecule has 1 spiro atoms. The molecule has 2 heterocycles. The van der Waals surface area contributed by atoms with Crippen molar-refractivity contribution in [2.75, 3.05) is 19.3 Å². The van der Waals surface area contributed by atoms with Gasteiger partial charge in [-0.25, -0.2) is 13.2 Å². The summed E-state index contributed by atoms with van der Waals surface area (Å²) < 4.78 is 31.2. The number of para-hydroxylation sites is 1. The number of piperidine rings is 1. The molecule has 1 saturated heterocycles. The third-order valence-corrected chi connectivity index (χ3v) is 9.79. The van der Waals surface area contributed by atoms with Crippen LogP contribution in [0.3, 0.4) is 0 Å². The number of carbonyl (C=O) groups is 4. The lowest BCUT2D eigenvalue weighted by Crippen LogP contribution is -2.60. The number of H-pyrrole nitrogens is 1. The second-order valence-electron chi connectivity index (χ2n) is 14.5. The fourth-order valence-corrected chi connectivity index (χ4v) is 7.41. The summed E-state index contributed by atoms with van der Waals surface area (Å²) >= 11 is 0. The first kappa shape index (κ1) is 34.9. The molecule has 2 atom stereocenters. The first-order valence-electron chi connectivity index (χ1n) is 16.1. The lowest BCUT2D eigenvalue weighted by Gasteiger charge is -2.41.